The molecular formula is C13H21N3OS. The highest BCUT2D eigenvalue weighted by Gasteiger charge is 2.35. The van der Waals surface area contributed by atoms with Crippen LogP contribution in [0.3, 0.4) is 0 Å². The van der Waals surface area contributed by atoms with E-state index in [-0.39, 0.29) is 5.54 Å². The molecule has 2 fully saturated rings. The van der Waals surface area contributed by atoms with Gasteiger partial charge in [0.1, 0.15) is 0 Å². The first kappa shape index (κ1) is 12.5. The van der Waals surface area contributed by atoms with Crippen LogP contribution in [0.2, 0.25) is 0 Å². The Morgan fingerprint density at radius 1 is 1.39 bits per heavy atom. The highest BCUT2D eigenvalue weighted by molar-refractivity contribution is 7.99. The standard InChI is InChI=1S/C13H21N3OS/c1-13(7-4-8-14-13)12-15-11(16-17-12)9-18-10-5-2-3-6-10/h10,14H,2-9H2,1H3. The molecular weight excluding hydrogens is 246 g/mol. The lowest BCUT2D eigenvalue weighted by atomic mass is 10.0. The highest BCUT2D eigenvalue weighted by atomic mass is 32.2. The number of nitrogens with zero attached hydrogens (tertiary/aromatic N) is 2. The van der Waals surface area contributed by atoms with Gasteiger partial charge in [-0.05, 0) is 39.2 Å². The Morgan fingerprint density at radius 2 is 2.22 bits per heavy atom. The molecule has 1 saturated carbocycles. The average Bonchev–Trinajstić information content (AvgIpc) is 3.08. The Hall–Kier alpha value is -0.550. The molecule has 1 atom stereocenters. The lowest BCUT2D eigenvalue weighted by Crippen LogP contribution is -2.33. The molecule has 1 N–H and O–H groups in total. The van der Waals surface area contributed by atoms with Crippen LogP contribution in [0.4, 0.5) is 0 Å². The minimum atomic E-state index is -0.0940. The van der Waals surface area contributed by atoms with Crippen LogP contribution in [0.5, 0.6) is 0 Å². The van der Waals surface area contributed by atoms with Gasteiger partial charge in [0.2, 0.25) is 5.89 Å². The zero-order valence-electron chi connectivity index (χ0n) is 10.9. The monoisotopic (exact) mass is 267 g/mol. The second-order valence-electron chi connectivity index (χ2n) is 5.60. The Bertz CT molecular complexity index is 395. The van der Waals surface area contributed by atoms with Gasteiger partial charge in [-0.15, -0.1) is 0 Å². The summed E-state index contributed by atoms with van der Waals surface area (Å²) < 4.78 is 5.43. The number of thioether (sulfide) groups is 1. The Balaban J connectivity index is 1.59. The van der Waals surface area contributed by atoms with Gasteiger partial charge < -0.3 is 9.84 Å². The first-order valence-corrected chi connectivity index (χ1v) is 8.01. The van der Waals surface area contributed by atoms with Crippen LogP contribution in [-0.4, -0.2) is 21.9 Å². The molecule has 0 amide bonds. The summed E-state index contributed by atoms with van der Waals surface area (Å²) in [6.45, 7) is 3.20. The van der Waals surface area contributed by atoms with E-state index >= 15 is 0 Å². The summed E-state index contributed by atoms with van der Waals surface area (Å²) in [6.07, 6.45) is 7.76. The molecule has 1 aliphatic heterocycles. The topological polar surface area (TPSA) is 51.0 Å². The van der Waals surface area contributed by atoms with Gasteiger partial charge in [0.15, 0.2) is 5.82 Å². The van der Waals surface area contributed by atoms with Gasteiger partial charge >= 0.3 is 0 Å². The number of hydrogen-bond donors (Lipinski definition) is 1. The maximum Gasteiger partial charge on any atom is 0.246 e. The van der Waals surface area contributed by atoms with Gasteiger partial charge in [0, 0.05) is 5.25 Å². The highest BCUT2D eigenvalue weighted by Crippen LogP contribution is 2.32. The van der Waals surface area contributed by atoms with Crippen molar-refractivity contribution >= 4 is 11.8 Å². The first-order valence-electron chi connectivity index (χ1n) is 6.96. The third-order valence-electron chi connectivity index (χ3n) is 4.06. The SMILES string of the molecule is CC1(c2nc(CSC3CCCC3)no2)CCCN1. The minimum absolute atomic E-state index is 0.0940. The van der Waals surface area contributed by atoms with Gasteiger partial charge in [-0.1, -0.05) is 18.0 Å². The van der Waals surface area contributed by atoms with Crippen molar-refractivity contribution in [1.29, 1.82) is 0 Å². The van der Waals surface area contributed by atoms with E-state index < -0.39 is 0 Å². The lowest BCUT2D eigenvalue weighted by molar-refractivity contribution is 0.274. The summed E-state index contributed by atoms with van der Waals surface area (Å²) in [5.74, 6) is 2.52. The second-order valence-corrected chi connectivity index (χ2v) is 6.88. The van der Waals surface area contributed by atoms with Crippen molar-refractivity contribution in [2.24, 2.45) is 0 Å². The number of hydrogen-bond acceptors (Lipinski definition) is 5. The fourth-order valence-electron chi connectivity index (χ4n) is 2.86. The molecule has 2 heterocycles. The molecule has 1 aromatic heterocycles. The fraction of sp³-hybridized carbons (Fsp3) is 0.846. The number of nitrogens with one attached hydrogen (secondary N) is 1. The lowest BCUT2D eigenvalue weighted by Gasteiger charge is -2.18. The molecule has 0 radical (unpaired) electrons. The van der Waals surface area contributed by atoms with E-state index in [4.69, 9.17) is 4.52 Å². The molecule has 4 nitrogen and oxygen atoms in total. The van der Waals surface area contributed by atoms with Gasteiger partial charge in [-0.25, -0.2) is 0 Å². The van der Waals surface area contributed by atoms with E-state index in [1.165, 1.54) is 32.1 Å². The molecule has 18 heavy (non-hydrogen) atoms. The molecule has 1 aromatic rings. The van der Waals surface area contributed by atoms with Crippen LogP contribution in [0.15, 0.2) is 4.52 Å². The Morgan fingerprint density at radius 3 is 2.94 bits per heavy atom. The van der Waals surface area contributed by atoms with Crippen LogP contribution < -0.4 is 5.32 Å². The summed E-state index contributed by atoms with van der Waals surface area (Å²) in [7, 11) is 0. The van der Waals surface area contributed by atoms with Gasteiger partial charge in [-0.2, -0.15) is 16.7 Å². The number of rotatable bonds is 4. The van der Waals surface area contributed by atoms with Crippen molar-refractivity contribution in [2.45, 2.75) is 62.0 Å². The van der Waals surface area contributed by atoms with Crippen LogP contribution in [0.1, 0.15) is 57.2 Å². The molecule has 1 aliphatic carbocycles. The molecule has 1 saturated heterocycles. The van der Waals surface area contributed by atoms with Crippen LogP contribution in [0.25, 0.3) is 0 Å². The normalized spacial score (nSPS) is 29.2. The largest absolute Gasteiger partial charge is 0.337 e. The molecule has 1 unspecified atom stereocenters. The zero-order valence-corrected chi connectivity index (χ0v) is 11.8. The summed E-state index contributed by atoms with van der Waals surface area (Å²) in [4.78, 5) is 4.56. The van der Waals surface area contributed by atoms with Crippen molar-refractivity contribution < 1.29 is 4.52 Å². The molecule has 0 spiro atoms. The molecule has 5 heteroatoms. The van der Waals surface area contributed by atoms with Crippen LogP contribution in [-0.2, 0) is 11.3 Å². The van der Waals surface area contributed by atoms with Crippen molar-refractivity contribution in [3.63, 3.8) is 0 Å². The van der Waals surface area contributed by atoms with Crippen molar-refractivity contribution in [1.82, 2.24) is 15.5 Å². The van der Waals surface area contributed by atoms with Crippen LogP contribution >= 0.6 is 11.8 Å². The van der Waals surface area contributed by atoms with Gasteiger partial charge in [0.05, 0.1) is 11.3 Å². The van der Waals surface area contributed by atoms with Crippen molar-refractivity contribution in [3.05, 3.63) is 11.7 Å². The van der Waals surface area contributed by atoms with E-state index in [0.717, 1.165) is 35.7 Å². The van der Waals surface area contributed by atoms with E-state index in [0.29, 0.717) is 0 Å². The van der Waals surface area contributed by atoms with Gasteiger partial charge in [-0.3, -0.25) is 0 Å². The molecule has 0 bridgehead atoms. The minimum Gasteiger partial charge on any atom is -0.337 e. The summed E-state index contributed by atoms with van der Waals surface area (Å²) in [6, 6.07) is 0. The number of aromatic nitrogens is 2. The third kappa shape index (κ3) is 2.57. The quantitative estimate of drug-likeness (QED) is 0.909. The summed E-state index contributed by atoms with van der Waals surface area (Å²) in [5.41, 5.74) is -0.0940. The third-order valence-corrected chi connectivity index (χ3v) is 5.43. The predicted octanol–water partition coefficient (Wildman–Crippen LogP) is 2.84. The van der Waals surface area contributed by atoms with E-state index in [9.17, 15) is 0 Å². The Labute approximate surface area is 112 Å². The maximum absolute atomic E-state index is 5.43. The predicted molar refractivity (Wildman–Crippen MR) is 72.4 cm³/mol. The maximum atomic E-state index is 5.43. The van der Waals surface area contributed by atoms with Crippen molar-refractivity contribution in [2.75, 3.05) is 6.54 Å². The molecule has 3 rings (SSSR count). The molecule has 100 valence electrons. The fourth-order valence-corrected chi connectivity index (χ4v) is 4.03. The van der Waals surface area contributed by atoms with Gasteiger partial charge in [0.25, 0.3) is 0 Å². The molecule has 2 aliphatic rings. The smallest absolute Gasteiger partial charge is 0.246 e. The second kappa shape index (κ2) is 5.21. The average molecular weight is 267 g/mol. The summed E-state index contributed by atoms with van der Waals surface area (Å²) in [5, 5.41) is 8.39. The first-order chi connectivity index (χ1) is 8.76. The van der Waals surface area contributed by atoms with E-state index in [2.05, 4.69) is 22.4 Å². The van der Waals surface area contributed by atoms with E-state index in [1.54, 1.807) is 0 Å². The summed E-state index contributed by atoms with van der Waals surface area (Å²) >= 11 is 1.99. The van der Waals surface area contributed by atoms with E-state index in [1.807, 2.05) is 11.8 Å². The zero-order chi connectivity index (χ0) is 12.4. The van der Waals surface area contributed by atoms with Crippen LogP contribution in [0, 0.1) is 0 Å². The molecule has 0 aromatic carbocycles. The van der Waals surface area contributed by atoms with Crippen molar-refractivity contribution in [3.8, 4) is 0 Å². The Kier molecular flexibility index (Phi) is 3.61.